The number of thioether (sulfide) groups is 1. The molecule has 3 atom stereocenters. The fourth-order valence-corrected chi connectivity index (χ4v) is 5.22. The molecule has 2 N–H and O–H groups in total. The Hall–Kier alpha value is -0.0300. The molecule has 3 unspecified atom stereocenters. The molecule has 3 rings (SSSR count). The molecule has 2 fully saturated rings. The van der Waals surface area contributed by atoms with E-state index in [4.69, 9.17) is 10.5 Å². The maximum absolute atomic E-state index is 6.50. The molecule has 0 aromatic heterocycles. The summed E-state index contributed by atoms with van der Waals surface area (Å²) in [5.74, 6) is 3.00. The van der Waals surface area contributed by atoms with Crippen molar-refractivity contribution in [1.29, 1.82) is 0 Å². The lowest BCUT2D eigenvalue weighted by Crippen LogP contribution is -2.46. The van der Waals surface area contributed by atoms with Gasteiger partial charge in [-0.15, -0.1) is 0 Å². The molecular formula is C16H22BrNOS. The number of nitrogens with two attached hydrogens (primary N) is 1. The molecule has 1 aromatic rings. The van der Waals surface area contributed by atoms with E-state index < -0.39 is 0 Å². The van der Waals surface area contributed by atoms with E-state index in [0.29, 0.717) is 5.92 Å². The largest absolute Gasteiger partial charge is 0.374 e. The SMILES string of the molecule is NC(Cc1cccc(Br)c1)C1CCOC2(CCSC2)C1. The Morgan fingerprint density at radius 3 is 3.15 bits per heavy atom. The van der Waals surface area contributed by atoms with Gasteiger partial charge in [0.25, 0.3) is 0 Å². The zero-order valence-corrected chi connectivity index (χ0v) is 14.1. The molecular weight excluding hydrogens is 334 g/mol. The lowest BCUT2D eigenvalue weighted by Gasteiger charge is -2.40. The first-order chi connectivity index (χ1) is 9.67. The predicted octanol–water partition coefficient (Wildman–Crippen LogP) is 3.62. The van der Waals surface area contributed by atoms with Crippen LogP contribution in [0.2, 0.25) is 0 Å². The van der Waals surface area contributed by atoms with Crippen molar-refractivity contribution in [2.75, 3.05) is 18.1 Å². The molecule has 0 saturated carbocycles. The maximum atomic E-state index is 6.50. The van der Waals surface area contributed by atoms with Crippen LogP contribution in [0.15, 0.2) is 28.7 Å². The van der Waals surface area contributed by atoms with Gasteiger partial charge in [-0.25, -0.2) is 0 Å². The molecule has 20 heavy (non-hydrogen) atoms. The average molecular weight is 356 g/mol. The molecule has 2 saturated heterocycles. The molecule has 1 spiro atoms. The molecule has 110 valence electrons. The van der Waals surface area contributed by atoms with E-state index in [1.54, 1.807) is 0 Å². The van der Waals surface area contributed by atoms with Gasteiger partial charge in [-0.3, -0.25) is 0 Å². The summed E-state index contributed by atoms with van der Waals surface area (Å²) >= 11 is 5.56. The Bertz CT molecular complexity index is 462. The van der Waals surface area contributed by atoms with E-state index in [2.05, 4.69) is 40.2 Å². The summed E-state index contributed by atoms with van der Waals surface area (Å²) in [4.78, 5) is 0. The van der Waals surface area contributed by atoms with E-state index in [1.807, 2.05) is 11.8 Å². The Morgan fingerprint density at radius 2 is 2.40 bits per heavy atom. The van der Waals surface area contributed by atoms with Crippen molar-refractivity contribution in [3.05, 3.63) is 34.3 Å². The Labute approximate surface area is 134 Å². The van der Waals surface area contributed by atoms with Crippen LogP contribution in [-0.4, -0.2) is 29.8 Å². The minimum Gasteiger partial charge on any atom is -0.374 e. The smallest absolute Gasteiger partial charge is 0.0783 e. The zero-order chi connectivity index (χ0) is 14.0. The third kappa shape index (κ3) is 3.41. The van der Waals surface area contributed by atoms with Crippen molar-refractivity contribution in [3.63, 3.8) is 0 Å². The fraction of sp³-hybridized carbons (Fsp3) is 0.625. The average Bonchev–Trinajstić information content (AvgIpc) is 2.87. The van der Waals surface area contributed by atoms with Gasteiger partial charge in [0.2, 0.25) is 0 Å². The molecule has 4 heteroatoms. The number of ether oxygens (including phenoxy) is 1. The van der Waals surface area contributed by atoms with Crippen LogP contribution in [0.5, 0.6) is 0 Å². The van der Waals surface area contributed by atoms with Crippen LogP contribution in [0.1, 0.15) is 24.8 Å². The van der Waals surface area contributed by atoms with Gasteiger partial charge in [-0.2, -0.15) is 11.8 Å². The topological polar surface area (TPSA) is 35.2 Å². The third-order valence-corrected chi connectivity index (χ3v) is 6.28. The summed E-state index contributed by atoms with van der Waals surface area (Å²) in [7, 11) is 0. The Morgan fingerprint density at radius 1 is 1.50 bits per heavy atom. The minimum absolute atomic E-state index is 0.141. The van der Waals surface area contributed by atoms with Gasteiger partial charge in [0.1, 0.15) is 0 Å². The van der Waals surface area contributed by atoms with Crippen LogP contribution in [0.4, 0.5) is 0 Å². The van der Waals surface area contributed by atoms with Crippen LogP contribution < -0.4 is 5.73 Å². The van der Waals surface area contributed by atoms with Crippen LogP contribution in [-0.2, 0) is 11.2 Å². The van der Waals surface area contributed by atoms with Crippen molar-refractivity contribution in [1.82, 2.24) is 0 Å². The summed E-state index contributed by atoms with van der Waals surface area (Å²) in [5.41, 5.74) is 7.97. The summed E-state index contributed by atoms with van der Waals surface area (Å²) in [6, 6.07) is 8.75. The van der Waals surface area contributed by atoms with Gasteiger partial charge < -0.3 is 10.5 Å². The standard InChI is InChI=1S/C16H22BrNOS/c17-14-3-1-2-12(8-14)9-15(18)13-4-6-19-16(10-13)5-7-20-11-16/h1-3,8,13,15H,4-7,9-11,18H2. The summed E-state index contributed by atoms with van der Waals surface area (Å²) in [6.45, 7) is 0.886. The number of hydrogen-bond acceptors (Lipinski definition) is 3. The lowest BCUT2D eigenvalue weighted by atomic mass is 9.80. The molecule has 0 aliphatic carbocycles. The second-order valence-electron chi connectivity index (χ2n) is 6.08. The Balaban J connectivity index is 1.63. The second kappa shape index (κ2) is 6.39. The molecule has 0 amide bonds. The monoisotopic (exact) mass is 355 g/mol. The quantitative estimate of drug-likeness (QED) is 0.899. The van der Waals surface area contributed by atoms with Crippen LogP contribution in [0.3, 0.4) is 0 Å². The van der Waals surface area contributed by atoms with E-state index in [9.17, 15) is 0 Å². The van der Waals surface area contributed by atoms with Gasteiger partial charge in [0.15, 0.2) is 0 Å². The molecule has 2 heterocycles. The zero-order valence-electron chi connectivity index (χ0n) is 11.7. The normalized spacial score (nSPS) is 31.6. The highest BCUT2D eigenvalue weighted by Gasteiger charge is 2.41. The first-order valence-electron chi connectivity index (χ1n) is 7.39. The van der Waals surface area contributed by atoms with Crippen LogP contribution in [0, 0.1) is 5.92 Å². The highest BCUT2D eigenvalue weighted by Crippen LogP contribution is 2.41. The highest BCUT2D eigenvalue weighted by atomic mass is 79.9. The Kier molecular flexibility index (Phi) is 4.75. The molecule has 1 aromatic carbocycles. The molecule has 2 aliphatic rings. The highest BCUT2D eigenvalue weighted by molar-refractivity contribution is 9.10. The van der Waals surface area contributed by atoms with Gasteiger partial charge >= 0.3 is 0 Å². The van der Waals surface area contributed by atoms with Gasteiger partial charge in [0.05, 0.1) is 5.60 Å². The molecule has 2 nitrogen and oxygen atoms in total. The summed E-state index contributed by atoms with van der Waals surface area (Å²) in [5, 5.41) is 0. The fourth-order valence-electron chi connectivity index (χ4n) is 3.40. The van der Waals surface area contributed by atoms with Crippen molar-refractivity contribution < 1.29 is 4.74 Å². The minimum atomic E-state index is 0.141. The van der Waals surface area contributed by atoms with E-state index >= 15 is 0 Å². The number of rotatable bonds is 3. The first kappa shape index (κ1) is 14.9. The first-order valence-corrected chi connectivity index (χ1v) is 9.33. The summed E-state index contributed by atoms with van der Waals surface area (Å²) in [6.07, 6.45) is 4.43. The van der Waals surface area contributed by atoms with Crippen molar-refractivity contribution >= 4 is 27.7 Å². The molecule has 0 radical (unpaired) electrons. The van der Waals surface area contributed by atoms with Gasteiger partial charge in [-0.05, 0) is 55.1 Å². The predicted molar refractivity (Wildman–Crippen MR) is 89.2 cm³/mol. The van der Waals surface area contributed by atoms with Crippen molar-refractivity contribution in [2.45, 2.75) is 37.3 Å². The van der Waals surface area contributed by atoms with Crippen LogP contribution in [0.25, 0.3) is 0 Å². The van der Waals surface area contributed by atoms with Gasteiger partial charge in [-0.1, -0.05) is 28.1 Å². The second-order valence-corrected chi connectivity index (χ2v) is 8.11. The molecule has 2 aliphatic heterocycles. The van der Waals surface area contributed by atoms with Crippen molar-refractivity contribution in [3.8, 4) is 0 Å². The van der Waals surface area contributed by atoms with E-state index in [-0.39, 0.29) is 11.6 Å². The molecule has 0 bridgehead atoms. The number of hydrogen-bond donors (Lipinski definition) is 1. The van der Waals surface area contributed by atoms with E-state index in [0.717, 1.165) is 36.1 Å². The third-order valence-electron chi connectivity index (χ3n) is 4.56. The van der Waals surface area contributed by atoms with Crippen molar-refractivity contribution in [2.24, 2.45) is 11.7 Å². The van der Waals surface area contributed by atoms with E-state index in [1.165, 1.54) is 17.7 Å². The maximum Gasteiger partial charge on any atom is 0.0783 e. The number of halogens is 1. The van der Waals surface area contributed by atoms with Crippen LogP contribution >= 0.6 is 27.7 Å². The number of benzene rings is 1. The summed E-state index contributed by atoms with van der Waals surface area (Å²) < 4.78 is 7.23. The van der Waals surface area contributed by atoms with Gasteiger partial charge in [0, 0.05) is 22.9 Å². The lowest BCUT2D eigenvalue weighted by molar-refractivity contribution is -0.0831.